The van der Waals surface area contributed by atoms with E-state index < -0.39 is 28.6 Å². The van der Waals surface area contributed by atoms with Crippen LogP contribution >= 0.6 is 27.5 Å². The Morgan fingerprint density at radius 2 is 1.90 bits per heavy atom. The van der Waals surface area contributed by atoms with E-state index in [1.807, 2.05) is 18.2 Å². The topological polar surface area (TPSA) is 106 Å². The van der Waals surface area contributed by atoms with Gasteiger partial charge in [-0.05, 0) is 36.4 Å². The number of pyridine rings is 1. The molecule has 0 amide bonds. The van der Waals surface area contributed by atoms with E-state index in [0.29, 0.717) is 15.6 Å². The molecule has 0 aliphatic rings. The van der Waals surface area contributed by atoms with Crippen molar-refractivity contribution in [1.29, 1.82) is 0 Å². The molecule has 1 aromatic heterocycles. The lowest BCUT2D eigenvalue weighted by Gasteiger charge is -2.16. The van der Waals surface area contributed by atoms with E-state index >= 15 is 0 Å². The van der Waals surface area contributed by atoms with Crippen LogP contribution in [0, 0.1) is 0 Å². The predicted molar refractivity (Wildman–Crippen MR) is 112 cm³/mol. The van der Waals surface area contributed by atoms with Gasteiger partial charge in [-0.2, -0.15) is 4.72 Å². The number of ether oxygens (including phenoxy) is 1. The largest absolute Gasteiger partial charge is 0.459 e. The first kappa shape index (κ1) is 21.7. The second kappa shape index (κ2) is 9.19. The van der Waals surface area contributed by atoms with E-state index in [1.54, 1.807) is 24.3 Å². The summed E-state index contributed by atoms with van der Waals surface area (Å²) in [4.78, 5) is 16.5. The normalized spacial score (nSPS) is 12.7. The number of halogens is 2. The van der Waals surface area contributed by atoms with Gasteiger partial charge in [0, 0.05) is 15.4 Å². The minimum absolute atomic E-state index is 0.0475. The molecule has 2 N–H and O–H groups in total. The minimum atomic E-state index is -4.02. The summed E-state index contributed by atoms with van der Waals surface area (Å²) < 4.78 is 32.8. The maximum absolute atomic E-state index is 12.4. The monoisotopic (exact) mass is 498 g/mol. The molecule has 0 aliphatic carbocycles. The summed E-state index contributed by atoms with van der Waals surface area (Å²) in [6.07, 6.45) is 0. The Labute approximate surface area is 180 Å². The highest BCUT2D eigenvalue weighted by atomic mass is 79.9. The highest BCUT2D eigenvalue weighted by Gasteiger charge is 2.26. The molecule has 3 aromatic rings. The van der Waals surface area contributed by atoms with Crippen molar-refractivity contribution in [3.05, 3.63) is 69.8 Å². The predicted octanol–water partition coefficient (Wildman–Crippen LogP) is 3.03. The van der Waals surface area contributed by atoms with Crippen LogP contribution in [0.4, 0.5) is 0 Å². The van der Waals surface area contributed by atoms with Crippen molar-refractivity contribution in [2.75, 3.05) is 6.61 Å². The van der Waals surface area contributed by atoms with Crippen LogP contribution in [0.3, 0.4) is 0 Å². The van der Waals surface area contributed by atoms with Gasteiger partial charge in [-0.1, -0.05) is 45.7 Å². The van der Waals surface area contributed by atoms with E-state index in [0.717, 1.165) is 5.39 Å². The number of carbonyl (C=O) groups is 1. The smallest absolute Gasteiger partial charge is 0.326 e. The molecule has 0 bridgehead atoms. The lowest BCUT2D eigenvalue weighted by molar-refractivity contribution is -0.148. The number of hydrogen-bond donors (Lipinski definition) is 2. The average molecular weight is 500 g/mol. The van der Waals surface area contributed by atoms with Crippen molar-refractivity contribution in [3.63, 3.8) is 0 Å². The number of aromatic nitrogens is 1. The first-order valence-electron chi connectivity index (χ1n) is 8.40. The molecule has 0 saturated heterocycles. The Hall–Kier alpha value is -2.04. The fraction of sp³-hybridized carbons (Fsp3) is 0.158. The van der Waals surface area contributed by atoms with Gasteiger partial charge < -0.3 is 9.84 Å². The summed E-state index contributed by atoms with van der Waals surface area (Å²) in [6, 6.07) is 13.4. The standard InChI is InChI=1S/C19H16BrClN2O5S/c20-14-5-7-15(8-6-14)29(26,27)23-17(10-24)19(25)28-11-13-9-12-3-1-2-4-16(12)22-18(13)21/h1-9,17,23-24H,10-11H2. The van der Waals surface area contributed by atoms with E-state index in [1.165, 1.54) is 12.1 Å². The number of para-hydroxylation sites is 1. The Balaban J connectivity index is 1.70. The SMILES string of the molecule is O=C(OCc1cc2ccccc2nc1Cl)C(CO)NS(=O)(=O)c1ccc(Br)cc1. The fourth-order valence-corrected chi connectivity index (χ4v) is 4.16. The number of rotatable bonds is 7. The van der Waals surface area contributed by atoms with E-state index in [9.17, 15) is 18.3 Å². The van der Waals surface area contributed by atoms with Crippen molar-refractivity contribution in [1.82, 2.24) is 9.71 Å². The molecule has 0 radical (unpaired) electrons. The number of benzene rings is 2. The number of fused-ring (bicyclic) bond motifs is 1. The van der Waals surface area contributed by atoms with E-state index in [-0.39, 0.29) is 16.7 Å². The second-order valence-corrected chi connectivity index (χ2v) is 9.04. The third-order valence-electron chi connectivity index (χ3n) is 4.01. The maximum Gasteiger partial charge on any atom is 0.326 e. The number of aliphatic hydroxyl groups is 1. The van der Waals surface area contributed by atoms with Crippen molar-refractivity contribution < 1.29 is 23.1 Å². The zero-order valence-electron chi connectivity index (χ0n) is 14.9. The van der Waals surface area contributed by atoms with Gasteiger partial charge in [0.2, 0.25) is 10.0 Å². The van der Waals surface area contributed by atoms with Crippen molar-refractivity contribution in [2.24, 2.45) is 0 Å². The molecular formula is C19H16BrClN2O5S. The highest BCUT2D eigenvalue weighted by molar-refractivity contribution is 9.10. The quantitative estimate of drug-likeness (QED) is 0.382. The molecule has 2 aromatic carbocycles. The lowest BCUT2D eigenvalue weighted by atomic mass is 10.2. The number of nitrogens with zero attached hydrogens (tertiary/aromatic N) is 1. The number of aliphatic hydroxyl groups excluding tert-OH is 1. The summed E-state index contributed by atoms with van der Waals surface area (Å²) in [6.45, 7) is -0.982. The molecule has 1 atom stereocenters. The van der Waals surface area contributed by atoms with E-state index in [4.69, 9.17) is 16.3 Å². The Morgan fingerprint density at radius 3 is 2.59 bits per heavy atom. The van der Waals surface area contributed by atoms with Crippen LogP contribution in [-0.2, 0) is 26.2 Å². The number of hydrogen-bond acceptors (Lipinski definition) is 6. The van der Waals surface area contributed by atoms with Gasteiger partial charge in [-0.15, -0.1) is 0 Å². The van der Waals surface area contributed by atoms with Gasteiger partial charge in [0.15, 0.2) is 0 Å². The van der Waals surface area contributed by atoms with Crippen LogP contribution in [0.1, 0.15) is 5.56 Å². The average Bonchev–Trinajstić information content (AvgIpc) is 2.70. The Bertz CT molecular complexity index is 1140. The lowest BCUT2D eigenvalue weighted by Crippen LogP contribution is -2.44. The van der Waals surface area contributed by atoms with Gasteiger partial charge in [0.05, 0.1) is 17.0 Å². The van der Waals surface area contributed by atoms with Crippen LogP contribution in [0.15, 0.2) is 64.0 Å². The van der Waals surface area contributed by atoms with Crippen LogP contribution in [0.5, 0.6) is 0 Å². The fourth-order valence-electron chi connectivity index (χ4n) is 2.52. The zero-order chi connectivity index (χ0) is 21.0. The summed E-state index contributed by atoms with van der Waals surface area (Å²) in [5.41, 5.74) is 1.16. The van der Waals surface area contributed by atoms with Gasteiger partial charge in [-0.25, -0.2) is 13.4 Å². The summed E-state index contributed by atoms with van der Waals surface area (Å²) >= 11 is 9.35. The van der Waals surface area contributed by atoms with Crippen molar-refractivity contribution in [3.8, 4) is 0 Å². The molecule has 3 rings (SSSR count). The van der Waals surface area contributed by atoms with Crippen molar-refractivity contribution >= 4 is 54.4 Å². The third kappa shape index (κ3) is 5.31. The van der Waals surface area contributed by atoms with Gasteiger partial charge in [0.1, 0.15) is 17.8 Å². The zero-order valence-corrected chi connectivity index (χ0v) is 18.0. The van der Waals surface area contributed by atoms with Crippen LogP contribution in [0.2, 0.25) is 5.15 Å². The second-order valence-electron chi connectivity index (χ2n) is 6.05. The van der Waals surface area contributed by atoms with Crippen LogP contribution in [0.25, 0.3) is 10.9 Å². The molecular weight excluding hydrogens is 484 g/mol. The molecule has 152 valence electrons. The number of nitrogens with one attached hydrogen (secondary N) is 1. The maximum atomic E-state index is 12.4. The summed E-state index contributed by atoms with van der Waals surface area (Å²) in [7, 11) is -4.02. The van der Waals surface area contributed by atoms with Crippen LogP contribution < -0.4 is 4.72 Å². The van der Waals surface area contributed by atoms with E-state index in [2.05, 4.69) is 25.6 Å². The number of sulfonamides is 1. The Morgan fingerprint density at radius 1 is 1.21 bits per heavy atom. The number of esters is 1. The molecule has 7 nitrogen and oxygen atoms in total. The summed E-state index contributed by atoms with van der Waals surface area (Å²) in [5, 5.41) is 10.5. The molecule has 1 heterocycles. The first-order valence-corrected chi connectivity index (χ1v) is 11.0. The first-order chi connectivity index (χ1) is 13.8. The van der Waals surface area contributed by atoms with Gasteiger partial charge in [0.25, 0.3) is 0 Å². The molecule has 29 heavy (non-hydrogen) atoms. The Kier molecular flexibility index (Phi) is 6.86. The molecule has 1 unspecified atom stereocenters. The molecule has 10 heteroatoms. The molecule has 0 aliphatic heterocycles. The minimum Gasteiger partial charge on any atom is -0.459 e. The third-order valence-corrected chi connectivity index (χ3v) is 6.35. The highest BCUT2D eigenvalue weighted by Crippen LogP contribution is 2.21. The molecule has 0 saturated carbocycles. The summed E-state index contributed by atoms with van der Waals surface area (Å²) in [5.74, 6) is -0.933. The van der Waals surface area contributed by atoms with Gasteiger partial charge >= 0.3 is 5.97 Å². The number of carbonyl (C=O) groups excluding carboxylic acids is 1. The molecule has 0 fully saturated rings. The molecule has 0 spiro atoms. The van der Waals surface area contributed by atoms with Gasteiger partial charge in [-0.3, -0.25) is 4.79 Å². The van der Waals surface area contributed by atoms with Crippen molar-refractivity contribution in [2.45, 2.75) is 17.5 Å². The van der Waals surface area contributed by atoms with Crippen LogP contribution in [-0.4, -0.2) is 37.1 Å².